The molecule has 7 nitrogen and oxygen atoms in total. The summed E-state index contributed by atoms with van der Waals surface area (Å²) in [6.07, 6.45) is 3.02. The lowest BCUT2D eigenvalue weighted by Crippen LogP contribution is -2.46. The minimum atomic E-state index is -0.836. The number of fused-ring (bicyclic) bond motifs is 1. The van der Waals surface area contributed by atoms with Crippen LogP contribution in [0.2, 0.25) is 0 Å². The Morgan fingerprint density at radius 3 is 2.84 bits per heavy atom. The van der Waals surface area contributed by atoms with Crippen molar-refractivity contribution in [3.8, 4) is 6.07 Å². The molecule has 1 aliphatic carbocycles. The van der Waals surface area contributed by atoms with Crippen LogP contribution in [0.4, 0.5) is 5.69 Å². The van der Waals surface area contributed by atoms with Gasteiger partial charge >= 0.3 is 5.97 Å². The molecule has 0 saturated heterocycles. The number of anilines is 1. The summed E-state index contributed by atoms with van der Waals surface area (Å²) in [6.45, 7) is -0.444. The number of amides is 2. The quantitative estimate of drug-likeness (QED) is 0.794. The van der Waals surface area contributed by atoms with Crippen molar-refractivity contribution in [3.05, 3.63) is 23.8 Å². The number of rotatable bonds is 4. The summed E-state index contributed by atoms with van der Waals surface area (Å²) in [4.78, 5) is 36.4. The first-order chi connectivity index (χ1) is 12.0. The Kier molecular flexibility index (Phi) is 4.95. The second-order valence-corrected chi connectivity index (χ2v) is 7.09. The monoisotopic (exact) mass is 359 g/mol. The Bertz CT molecular complexity index is 766. The molecule has 0 atom stereocenters. The normalized spacial score (nSPS) is 17.8. The van der Waals surface area contributed by atoms with Crippen molar-refractivity contribution < 1.29 is 19.1 Å². The van der Waals surface area contributed by atoms with Gasteiger partial charge in [-0.25, -0.2) is 4.79 Å². The fraction of sp³-hybridized carbons (Fsp3) is 0.412. The van der Waals surface area contributed by atoms with Crippen LogP contribution in [-0.2, 0) is 14.3 Å². The molecule has 0 radical (unpaired) electrons. The Morgan fingerprint density at radius 2 is 2.12 bits per heavy atom. The van der Waals surface area contributed by atoms with Gasteiger partial charge in [0.15, 0.2) is 6.61 Å². The highest BCUT2D eigenvalue weighted by Gasteiger charge is 2.35. The van der Waals surface area contributed by atoms with E-state index < -0.39 is 24.0 Å². The van der Waals surface area contributed by atoms with E-state index in [1.165, 1.54) is 17.8 Å². The summed E-state index contributed by atoms with van der Waals surface area (Å²) >= 11 is 1.40. The maximum atomic E-state index is 12.1. The third-order valence-corrected chi connectivity index (χ3v) is 5.31. The first kappa shape index (κ1) is 17.3. The topological polar surface area (TPSA) is 108 Å². The van der Waals surface area contributed by atoms with Gasteiger partial charge in [-0.1, -0.05) is 0 Å². The van der Waals surface area contributed by atoms with Gasteiger partial charge in [0, 0.05) is 4.90 Å². The molecule has 3 rings (SSSR count). The number of carbonyl (C=O) groups is 3. The summed E-state index contributed by atoms with van der Waals surface area (Å²) in [5.41, 5.74) is -0.0173. The van der Waals surface area contributed by atoms with Crippen LogP contribution in [0.3, 0.4) is 0 Å². The summed E-state index contributed by atoms with van der Waals surface area (Å²) in [6, 6.07) is 7.02. The van der Waals surface area contributed by atoms with Gasteiger partial charge in [-0.2, -0.15) is 5.26 Å². The highest BCUT2D eigenvalue weighted by molar-refractivity contribution is 8.00. The standard InChI is InChI=1S/C17H17N3O4S/c18-10-17(5-1-2-6-17)20-14(21)8-24-16(23)11-3-4-13-12(7-11)19-15(22)9-25-13/h3-4,7H,1-2,5-6,8-9H2,(H,19,22)(H,20,21). The highest BCUT2D eigenvalue weighted by atomic mass is 32.2. The molecule has 2 N–H and O–H groups in total. The van der Waals surface area contributed by atoms with Crippen molar-refractivity contribution in [2.45, 2.75) is 36.1 Å². The molecule has 0 unspecified atom stereocenters. The van der Waals surface area contributed by atoms with Crippen LogP contribution in [0.1, 0.15) is 36.0 Å². The van der Waals surface area contributed by atoms with E-state index in [0.717, 1.165) is 17.7 Å². The third-order valence-electron chi connectivity index (χ3n) is 4.23. The largest absolute Gasteiger partial charge is 0.452 e. The summed E-state index contributed by atoms with van der Waals surface area (Å²) in [5, 5.41) is 14.6. The molecule has 0 spiro atoms. The number of nitrogens with zero attached hydrogens (tertiary/aromatic N) is 1. The maximum Gasteiger partial charge on any atom is 0.338 e. The van der Waals surface area contributed by atoms with E-state index in [-0.39, 0.29) is 11.5 Å². The van der Waals surface area contributed by atoms with E-state index in [2.05, 4.69) is 16.7 Å². The van der Waals surface area contributed by atoms with Crippen molar-refractivity contribution in [2.75, 3.05) is 17.7 Å². The van der Waals surface area contributed by atoms with Crippen LogP contribution in [0.5, 0.6) is 0 Å². The highest BCUT2D eigenvalue weighted by Crippen LogP contribution is 2.32. The van der Waals surface area contributed by atoms with Crippen molar-refractivity contribution >= 4 is 35.2 Å². The molecule has 1 heterocycles. The summed E-state index contributed by atoms with van der Waals surface area (Å²) < 4.78 is 5.03. The third kappa shape index (κ3) is 3.94. The number of carbonyl (C=O) groups excluding carboxylic acids is 3. The predicted octanol–water partition coefficient (Wildman–Crippen LogP) is 1.84. The average molecular weight is 359 g/mol. The van der Waals surface area contributed by atoms with Crippen molar-refractivity contribution in [1.82, 2.24) is 5.32 Å². The smallest absolute Gasteiger partial charge is 0.338 e. The molecule has 1 aromatic carbocycles. The van der Waals surface area contributed by atoms with E-state index in [0.29, 0.717) is 24.3 Å². The molecular formula is C17H17N3O4S. The fourth-order valence-electron chi connectivity index (χ4n) is 2.97. The molecule has 25 heavy (non-hydrogen) atoms. The van der Waals surface area contributed by atoms with Gasteiger partial charge in [0.1, 0.15) is 5.54 Å². The second kappa shape index (κ2) is 7.15. The number of hydrogen-bond donors (Lipinski definition) is 2. The zero-order valence-corrected chi connectivity index (χ0v) is 14.3. The second-order valence-electron chi connectivity index (χ2n) is 6.07. The maximum absolute atomic E-state index is 12.1. The van der Waals surface area contributed by atoms with Crippen LogP contribution in [0.15, 0.2) is 23.1 Å². The minimum absolute atomic E-state index is 0.124. The summed E-state index contributed by atoms with van der Waals surface area (Å²) in [5.74, 6) is -0.919. The van der Waals surface area contributed by atoms with Crippen LogP contribution >= 0.6 is 11.8 Å². The molecule has 0 aromatic heterocycles. The molecule has 1 saturated carbocycles. The number of esters is 1. The lowest BCUT2D eigenvalue weighted by atomic mass is 10.00. The van der Waals surface area contributed by atoms with Crippen LogP contribution in [0, 0.1) is 11.3 Å². The number of benzene rings is 1. The van der Waals surface area contributed by atoms with Crippen LogP contribution in [-0.4, -0.2) is 35.7 Å². The van der Waals surface area contributed by atoms with Gasteiger partial charge in [0.25, 0.3) is 5.91 Å². The molecule has 2 aliphatic rings. The molecule has 1 fully saturated rings. The number of thioether (sulfide) groups is 1. The van der Waals surface area contributed by atoms with Crippen molar-refractivity contribution in [2.24, 2.45) is 0 Å². The van der Waals surface area contributed by atoms with Gasteiger partial charge in [-0.15, -0.1) is 11.8 Å². The van der Waals surface area contributed by atoms with E-state index in [1.54, 1.807) is 12.1 Å². The van der Waals surface area contributed by atoms with E-state index in [4.69, 9.17) is 4.74 Å². The van der Waals surface area contributed by atoms with Crippen LogP contribution in [0.25, 0.3) is 0 Å². The number of nitriles is 1. The van der Waals surface area contributed by atoms with E-state index >= 15 is 0 Å². The molecule has 1 aliphatic heterocycles. The van der Waals surface area contributed by atoms with Crippen molar-refractivity contribution in [1.29, 1.82) is 5.26 Å². The molecule has 8 heteroatoms. The predicted molar refractivity (Wildman–Crippen MR) is 91.0 cm³/mol. The lowest BCUT2D eigenvalue weighted by Gasteiger charge is -2.21. The van der Waals surface area contributed by atoms with Gasteiger partial charge < -0.3 is 15.4 Å². The zero-order chi connectivity index (χ0) is 17.9. The van der Waals surface area contributed by atoms with Crippen LogP contribution < -0.4 is 10.6 Å². The number of nitrogens with one attached hydrogen (secondary N) is 2. The molecule has 2 amide bonds. The van der Waals surface area contributed by atoms with E-state index in [1.807, 2.05) is 0 Å². The van der Waals surface area contributed by atoms with Gasteiger partial charge in [-0.05, 0) is 43.9 Å². The van der Waals surface area contributed by atoms with Gasteiger partial charge in [-0.3, -0.25) is 9.59 Å². The zero-order valence-electron chi connectivity index (χ0n) is 13.5. The minimum Gasteiger partial charge on any atom is -0.452 e. The lowest BCUT2D eigenvalue weighted by molar-refractivity contribution is -0.125. The fourth-order valence-corrected chi connectivity index (χ4v) is 3.76. The first-order valence-corrected chi connectivity index (χ1v) is 8.96. The molecular weight excluding hydrogens is 342 g/mol. The Labute approximate surface area is 149 Å². The summed E-state index contributed by atoms with van der Waals surface area (Å²) in [7, 11) is 0. The Balaban J connectivity index is 1.57. The SMILES string of the molecule is N#CC1(NC(=O)COC(=O)c2ccc3c(c2)NC(=O)CS3)CCCC1. The Hall–Kier alpha value is -2.53. The molecule has 130 valence electrons. The molecule has 0 bridgehead atoms. The Morgan fingerprint density at radius 1 is 1.36 bits per heavy atom. The van der Waals surface area contributed by atoms with Gasteiger partial charge in [0.05, 0.1) is 23.1 Å². The molecule has 1 aromatic rings. The van der Waals surface area contributed by atoms with Gasteiger partial charge in [0.2, 0.25) is 5.91 Å². The first-order valence-electron chi connectivity index (χ1n) is 7.97. The average Bonchev–Trinajstić information content (AvgIpc) is 3.08. The number of hydrogen-bond acceptors (Lipinski definition) is 6. The number of ether oxygens (including phenoxy) is 1. The van der Waals surface area contributed by atoms with E-state index in [9.17, 15) is 19.6 Å². The van der Waals surface area contributed by atoms with Crippen molar-refractivity contribution in [3.63, 3.8) is 0 Å².